The summed E-state index contributed by atoms with van der Waals surface area (Å²) in [5.41, 5.74) is 6.31. The van der Waals surface area contributed by atoms with Gasteiger partial charge in [0, 0.05) is 5.88 Å². The van der Waals surface area contributed by atoms with E-state index in [1.165, 1.54) is 11.8 Å². The topological polar surface area (TPSA) is 56.8 Å². The van der Waals surface area contributed by atoms with E-state index < -0.39 is 0 Å². The minimum Gasteiger partial charge on any atom is -0.493 e. The van der Waals surface area contributed by atoms with Crippen LogP contribution in [0.3, 0.4) is 0 Å². The van der Waals surface area contributed by atoms with E-state index in [1.807, 2.05) is 19.1 Å². The van der Waals surface area contributed by atoms with Crippen molar-refractivity contribution in [1.29, 1.82) is 0 Å². The molecule has 0 aliphatic heterocycles. The number of ether oxygens (including phenoxy) is 2. The third-order valence-corrected chi connectivity index (χ3v) is 2.81. The molecule has 0 radical (unpaired) electrons. The lowest BCUT2D eigenvalue weighted by molar-refractivity contribution is 0.304. The Kier molecular flexibility index (Phi) is 5.14. The average Bonchev–Trinajstić information content (AvgIpc) is 2.31. The molecule has 0 saturated carbocycles. The van der Waals surface area contributed by atoms with Crippen LogP contribution in [0.15, 0.2) is 22.0 Å². The van der Waals surface area contributed by atoms with Crippen molar-refractivity contribution in [3.05, 3.63) is 12.1 Å². The minimum atomic E-state index is 0.454. The summed E-state index contributed by atoms with van der Waals surface area (Å²) < 4.78 is 10.8. The molecule has 0 atom stereocenters. The smallest absolute Gasteiger partial charge is 0.176 e. The zero-order chi connectivity index (χ0) is 12.0. The molecule has 1 rings (SSSR count). The van der Waals surface area contributed by atoms with Crippen molar-refractivity contribution in [1.82, 2.24) is 0 Å². The highest BCUT2D eigenvalue weighted by Gasteiger charge is 2.14. The van der Waals surface area contributed by atoms with Crippen LogP contribution >= 0.6 is 11.8 Å². The van der Waals surface area contributed by atoms with Crippen molar-refractivity contribution in [2.24, 2.45) is 10.7 Å². The number of thioether (sulfide) groups is 1. The average molecular weight is 240 g/mol. The number of methoxy groups -OCH3 is 1. The summed E-state index contributed by atoms with van der Waals surface area (Å²) in [6, 6.07) is 3.65. The van der Waals surface area contributed by atoms with Gasteiger partial charge < -0.3 is 15.2 Å². The van der Waals surface area contributed by atoms with Crippen molar-refractivity contribution in [2.45, 2.75) is 11.8 Å². The lowest BCUT2D eigenvalue weighted by Crippen LogP contribution is -1.99. The fourth-order valence-electron chi connectivity index (χ4n) is 1.32. The third-order valence-electron chi connectivity index (χ3n) is 1.96. The van der Waals surface area contributed by atoms with E-state index >= 15 is 0 Å². The summed E-state index contributed by atoms with van der Waals surface area (Å²) in [4.78, 5) is 4.82. The second-order valence-electron chi connectivity index (χ2n) is 2.85. The first kappa shape index (κ1) is 12.9. The van der Waals surface area contributed by atoms with Gasteiger partial charge in [0.25, 0.3) is 0 Å². The van der Waals surface area contributed by atoms with Gasteiger partial charge in [0.1, 0.15) is 0 Å². The number of nitrogens with two attached hydrogens (primary N) is 1. The van der Waals surface area contributed by atoms with Gasteiger partial charge >= 0.3 is 0 Å². The molecule has 0 bridgehead atoms. The van der Waals surface area contributed by atoms with Crippen LogP contribution in [0.1, 0.15) is 6.92 Å². The van der Waals surface area contributed by atoms with Gasteiger partial charge in [-0.15, -0.1) is 11.8 Å². The highest BCUT2D eigenvalue weighted by Crippen LogP contribution is 2.43. The summed E-state index contributed by atoms with van der Waals surface area (Å²) in [5.74, 6) is 1.83. The molecule has 0 fully saturated rings. The maximum atomic E-state index is 5.56. The molecule has 0 amide bonds. The van der Waals surface area contributed by atoms with Gasteiger partial charge in [0.15, 0.2) is 11.5 Å². The van der Waals surface area contributed by atoms with Crippen LogP contribution in [0, 0.1) is 0 Å². The maximum absolute atomic E-state index is 5.56. The zero-order valence-corrected chi connectivity index (χ0v) is 10.3. The maximum Gasteiger partial charge on any atom is 0.176 e. The summed E-state index contributed by atoms with van der Waals surface area (Å²) >= 11 is 1.46. The molecule has 2 N–H and O–H groups in total. The van der Waals surface area contributed by atoms with Crippen molar-refractivity contribution in [2.75, 3.05) is 19.6 Å². The Labute approximate surface area is 99.8 Å². The van der Waals surface area contributed by atoms with Gasteiger partial charge in [-0.05, 0) is 25.8 Å². The molecule has 0 unspecified atom stereocenters. The Balaban J connectivity index is 3.27. The molecule has 0 aromatic heterocycles. The summed E-state index contributed by atoms with van der Waals surface area (Å²) in [5, 5.41) is 0. The number of aliphatic imine (C=N–C) groups is 1. The molecule has 0 saturated heterocycles. The predicted octanol–water partition coefficient (Wildman–Crippen LogP) is 2.43. The highest BCUT2D eigenvalue weighted by molar-refractivity contribution is 7.99. The Morgan fingerprint density at radius 2 is 2.25 bits per heavy atom. The van der Waals surface area contributed by atoms with Gasteiger partial charge in [0.05, 0.1) is 24.3 Å². The lowest BCUT2D eigenvalue weighted by atomic mass is 10.3. The first-order valence-corrected chi connectivity index (χ1v) is 5.90. The van der Waals surface area contributed by atoms with E-state index in [2.05, 4.69) is 11.7 Å². The lowest BCUT2D eigenvalue weighted by Gasteiger charge is -2.14. The van der Waals surface area contributed by atoms with Crippen LogP contribution < -0.4 is 15.2 Å². The Hall–Kier alpha value is -1.20. The largest absolute Gasteiger partial charge is 0.493 e. The van der Waals surface area contributed by atoms with Crippen LogP contribution in [0.25, 0.3) is 0 Å². The van der Waals surface area contributed by atoms with Crippen LogP contribution in [0.4, 0.5) is 5.69 Å². The zero-order valence-electron chi connectivity index (χ0n) is 9.53. The molecule has 88 valence electrons. The van der Waals surface area contributed by atoms with Crippen molar-refractivity contribution < 1.29 is 9.47 Å². The Bertz CT molecular complexity index is 369. The number of hydrogen-bond acceptors (Lipinski definition) is 5. The molecule has 0 heterocycles. The molecule has 4 nitrogen and oxygen atoms in total. The molecule has 1 aromatic carbocycles. The fourth-order valence-corrected chi connectivity index (χ4v) is 2.06. The van der Waals surface area contributed by atoms with Crippen LogP contribution in [0.5, 0.6) is 11.5 Å². The Morgan fingerprint density at radius 3 is 2.75 bits per heavy atom. The van der Waals surface area contributed by atoms with Gasteiger partial charge in [-0.25, -0.2) is 0 Å². The van der Waals surface area contributed by atoms with Crippen LogP contribution in [0.2, 0.25) is 0 Å². The van der Waals surface area contributed by atoms with E-state index in [-0.39, 0.29) is 0 Å². The number of benzene rings is 1. The van der Waals surface area contributed by atoms with E-state index in [4.69, 9.17) is 15.2 Å². The molecule has 0 aliphatic rings. The predicted molar refractivity (Wildman–Crippen MR) is 68.3 cm³/mol. The summed E-state index contributed by atoms with van der Waals surface area (Å²) in [6.07, 6.45) is 0. The first-order chi connectivity index (χ1) is 7.78. The van der Waals surface area contributed by atoms with Gasteiger partial charge in [-0.1, -0.05) is 0 Å². The minimum absolute atomic E-state index is 0.454. The molecule has 5 heteroatoms. The Morgan fingerprint density at radius 1 is 1.50 bits per heavy atom. The van der Waals surface area contributed by atoms with Gasteiger partial charge in [-0.2, -0.15) is 0 Å². The van der Waals surface area contributed by atoms with Crippen molar-refractivity contribution in [3.8, 4) is 11.5 Å². The summed E-state index contributed by atoms with van der Waals surface area (Å²) in [6.45, 7) is 6.02. The van der Waals surface area contributed by atoms with E-state index in [0.29, 0.717) is 24.0 Å². The van der Waals surface area contributed by atoms with Crippen molar-refractivity contribution in [3.63, 3.8) is 0 Å². The van der Waals surface area contributed by atoms with Crippen LogP contribution in [-0.2, 0) is 0 Å². The first-order valence-electron chi connectivity index (χ1n) is 4.91. The number of rotatable bonds is 6. The molecule has 0 spiro atoms. The van der Waals surface area contributed by atoms with Crippen molar-refractivity contribution >= 4 is 24.2 Å². The second kappa shape index (κ2) is 6.40. The quantitative estimate of drug-likeness (QED) is 0.471. The van der Waals surface area contributed by atoms with Crippen LogP contribution in [-0.4, -0.2) is 26.3 Å². The van der Waals surface area contributed by atoms with Gasteiger partial charge in [-0.3, -0.25) is 4.99 Å². The van der Waals surface area contributed by atoms with Gasteiger partial charge in [0.2, 0.25) is 0 Å². The number of hydrogen-bond donors (Lipinski definition) is 1. The monoisotopic (exact) mass is 240 g/mol. The second-order valence-corrected chi connectivity index (χ2v) is 3.88. The number of nitrogens with zero attached hydrogens (tertiary/aromatic N) is 1. The summed E-state index contributed by atoms with van der Waals surface area (Å²) in [7, 11) is 1.61. The third kappa shape index (κ3) is 2.68. The molecule has 1 aromatic rings. The SMILES string of the molecule is C=Nc1ccc(OC)c(OCC)c1SCN. The highest BCUT2D eigenvalue weighted by atomic mass is 32.2. The standard InChI is InChI=1S/C11H16N2O2S/c1-4-15-10-9(14-3)6-5-8(13-2)11(10)16-7-12/h5-6H,2,4,7,12H2,1,3H3. The van der Waals surface area contributed by atoms with E-state index in [0.717, 1.165) is 10.6 Å². The normalized spacial score (nSPS) is 9.94. The molecule has 16 heavy (non-hydrogen) atoms. The van der Waals surface area contributed by atoms with E-state index in [9.17, 15) is 0 Å². The fraction of sp³-hybridized carbons (Fsp3) is 0.364. The molecular formula is C11H16N2O2S. The molecular weight excluding hydrogens is 224 g/mol. The van der Waals surface area contributed by atoms with E-state index in [1.54, 1.807) is 7.11 Å². The molecule has 0 aliphatic carbocycles.